The first-order valence-electron chi connectivity index (χ1n) is 5.25. The van der Waals surface area contributed by atoms with Crippen LogP contribution in [0.1, 0.15) is 17.3 Å². The van der Waals surface area contributed by atoms with Crippen LogP contribution in [0.15, 0.2) is 18.2 Å². The van der Waals surface area contributed by atoms with Crippen molar-refractivity contribution >= 4 is 11.7 Å². The zero-order chi connectivity index (χ0) is 13.5. The van der Waals surface area contributed by atoms with Gasteiger partial charge < -0.3 is 9.47 Å². The summed E-state index contributed by atoms with van der Waals surface area (Å²) in [4.78, 5) is 21.1. The fourth-order valence-electron chi connectivity index (χ4n) is 1.20. The maximum absolute atomic E-state index is 13.0. The van der Waals surface area contributed by atoms with Gasteiger partial charge in [0, 0.05) is 12.7 Å². The second-order valence-electron chi connectivity index (χ2n) is 3.26. The Morgan fingerprint density at radius 2 is 2.17 bits per heavy atom. The summed E-state index contributed by atoms with van der Waals surface area (Å²) < 4.78 is 22.8. The molecule has 7 heteroatoms. The van der Waals surface area contributed by atoms with Crippen molar-refractivity contribution in [2.45, 2.75) is 6.92 Å². The highest BCUT2D eigenvalue weighted by atomic mass is 19.1. The molecule has 0 heterocycles. The summed E-state index contributed by atoms with van der Waals surface area (Å²) in [7, 11) is 0. The Kier molecular flexibility index (Phi) is 5.19. The number of nitro benzene ring substituents is 1. The second kappa shape index (κ2) is 6.65. The molecule has 6 nitrogen and oxygen atoms in total. The fourth-order valence-corrected chi connectivity index (χ4v) is 1.20. The highest BCUT2D eigenvalue weighted by Gasteiger charge is 2.18. The van der Waals surface area contributed by atoms with Crippen LogP contribution >= 0.6 is 0 Å². The molecule has 0 radical (unpaired) electrons. The van der Waals surface area contributed by atoms with Crippen molar-refractivity contribution in [3.05, 3.63) is 39.7 Å². The van der Waals surface area contributed by atoms with Gasteiger partial charge in [0.1, 0.15) is 6.61 Å². The highest BCUT2D eigenvalue weighted by Crippen LogP contribution is 2.18. The number of esters is 1. The van der Waals surface area contributed by atoms with E-state index < -0.39 is 22.4 Å². The number of hydrogen-bond donors (Lipinski definition) is 0. The molecule has 0 unspecified atom stereocenters. The molecule has 1 aromatic carbocycles. The minimum Gasteiger partial charge on any atom is -0.460 e. The van der Waals surface area contributed by atoms with E-state index in [-0.39, 0.29) is 18.8 Å². The van der Waals surface area contributed by atoms with Gasteiger partial charge >= 0.3 is 11.7 Å². The summed E-state index contributed by atoms with van der Waals surface area (Å²) in [5, 5.41) is 10.5. The van der Waals surface area contributed by atoms with E-state index in [0.29, 0.717) is 6.61 Å². The molecular weight excluding hydrogens is 245 g/mol. The Balaban J connectivity index is 2.68. The van der Waals surface area contributed by atoms with Gasteiger partial charge in [-0.2, -0.15) is 4.39 Å². The summed E-state index contributed by atoms with van der Waals surface area (Å²) in [5.41, 5.74) is -0.825. The van der Waals surface area contributed by atoms with Gasteiger partial charge in [0.05, 0.1) is 17.1 Å². The molecule has 0 aliphatic rings. The van der Waals surface area contributed by atoms with Crippen LogP contribution < -0.4 is 0 Å². The van der Waals surface area contributed by atoms with Gasteiger partial charge in [-0.25, -0.2) is 4.79 Å². The Morgan fingerprint density at radius 1 is 1.44 bits per heavy atom. The third-order valence-corrected chi connectivity index (χ3v) is 2.04. The van der Waals surface area contributed by atoms with Crippen LogP contribution in [-0.4, -0.2) is 30.7 Å². The van der Waals surface area contributed by atoms with Crippen LogP contribution in [0.5, 0.6) is 0 Å². The lowest BCUT2D eigenvalue weighted by atomic mass is 10.2. The van der Waals surface area contributed by atoms with Gasteiger partial charge in [0.15, 0.2) is 0 Å². The molecule has 0 spiro atoms. The monoisotopic (exact) mass is 257 g/mol. The van der Waals surface area contributed by atoms with E-state index in [1.54, 1.807) is 6.92 Å². The van der Waals surface area contributed by atoms with Crippen molar-refractivity contribution in [2.24, 2.45) is 0 Å². The molecule has 1 aromatic rings. The Bertz CT molecular complexity index is 449. The van der Waals surface area contributed by atoms with Crippen molar-refractivity contribution < 1.29 is 23.6 Å². The number of nitro groups is 1. The maximum atomic E-state index is 13.0. The van der Waals surface area contributed by atoms with Crippen molar-refractivity contribution in [1.29, 1.82) is 0 Å². The molecule has 1 rings (SSSR count). The lowest BCUT2D eigenvalue weighted by Crippen LogP contribution is -2.11. The van der Waals surface area contributed by atoms with E-state index in [4.69, 9.17) is 9.47 Å². The first-order valence-corrected chi connectivity index (χ1v) is 5.25. The van der Waals surface area contributed by atoms with Gasteiger partial charge in [-0.05, 0) is 19.1 Å². The van der Waals surface area contributed by atoms with E-state index in [1.807, 2.05) is 0 Å². The number of nitrogens with zero attached hydrogens (tertiary/aromatic N) is 1. The molecule has 0 N–H and O–H groups in total. The third-order valence-electron chi connectivity index (χ3n) is 2.04. The van der Waals surface area contributed by atoms with E-state index in [9.17, 15) is 19.3 Å². The minimum absolute atomic E-state index is 0.0395. The number of rotatable bonds is 6. The summed E-state index contributed by atoms with van der Waals surface area (Å²) in [6.45, 7) is 2.58. The fraction of sp³-hybridized carbons (Fsp3) is 0.364. The SMILES string of the molecule is CCOCCOC(=O)c1ccc(F)c([N+](=O)[O-])c1. The standard InChI is InChI=1S/C11H12FNO5/c1-2-17-5-6-18-11(14)8-3-4-9(12)10(7-8)13(15)16/h3-4,7H,2,5-6H2,1H3. The number of hydrogen-bond acceptors (Lipinski definition) is 5. The first kappa shape index (κ1) is 14.0. The van der Waals surface area contributed by atoms with Crippen LogP contribution in [0.2, 0.25) is 0 Å². The predicted molar refractivity (Wildman–Crippen MR) is 59.8 cm³/mol. The second-order valence-corrected chi connectivity index (χ2v) is 3.26. The number of carbonyl (C=O) groups is 1. The van der Waals surface area contributed by atoms with Gasteiger partial charge in [-0.15, -0.1) is 0 Å². The topological polar surface area (TPSA) is 78.7 Å². The van der Waals surface area contributed by atoms with E-state index in [1.165, 1.54) is 0 Å². The summed E-state index contributed by atoms with van der Waals surface area (Å²) >= 11 is 0. The zero-order valence-corrected chi connectivity index (χ0v) is 9.72. The van der Waals surface area contributed by atoms with Gasteiger partial charge in [0.25, 0.3) is 0 Å². The quantitative estimate of drug-likeness (QED) is 0.336. The van der Waals surface area contributed by atoms with Crippen LogP contribution in [-0.2, 0) is 9.47 Å². The van der Waals surface area contributed by atoms with Crippen molar-refractivity contribution in [1.82, 2.24) is 0 Å². The number of ether oxygens (including phenoxy) is 2. The molecule has 0 aliphatic carbocycles. The Labute approximate surface area is 102 Å². The molecule has 0 atom stereocenters. The average Bonchev–Trinajstić information content (AvgIpc) is 2.34. The van der Waals surface area contributed by atoms with E-state index in [2.05, 4.69) is 0 Å². The molecule has 0 bridgehead atoms. The van der Waals surface area contributed by atoms with Crippen LogP contribution in [0.3, 0.4) is 0 Å². The van der Waals surface area contributed by atoms with Gasteiger partial charge in [-0.1, -0.05) is 0 Å². The number of benzene rings is 1. The zero-order valence-electron chi connectivity index (χ0n) is 9.72. The largest absolute Gasteiger partial charge is 0.460 e. The average molecular weight is 257 g/mol. The maximum Gasteiger partial charge on any atom is 0.338 e. The Morgan fingerprint density at radius 3 is 2.78 bits per heavy atom. The summed E-state index contributed by atoms with van der Waals surface area (Å²) in [5.74, 6) is -1.75. The Hall–Kier alpha value is -2.02. The smallest absolute Gasteiger partial charge is 0.338 e. The lowest BCUT2D eigenvalue weighted by molar-refractivity contribution is -0.387. The van der Waals surface area contributed by atoms with Crippen molar-refractivity contribution in [3.8, 4) is 0 Å². The molecule has 0 aromatic heterocycles. The molecular formula is C11H12FNO5. The molecule has 0 aliphatic heterocycles. The van der Waals surface area contributed by atoms with E-state index in [0.717, 1.165) is 18.2 Å². The van der Waals surface area contributed by atoms with Crippen LogP contribution in [0, 0.1) is 15.9 Å². The minimum atomic E-state index is -0.995. The third kappa shape index (κ3) is 3.77. The van der Waals surface area contributed by atoms with Gasteiger partial charge in [-0.3, -0.25) is 10.1 Å². The van der Waals surface area contributed by atoms with Crippen LogP contribution in [0.25, 0.3) is 0 Å². The summed E-state index contributed by atoms with van der Waals surface area (Å²) in [6, 6.07) is 2.83. The van der Waals surface area contributed by atoms with Crippen LogP contribution in [0.4, 0.5) is 10.1 Å². The summed E-state index contributed by atoms with van der Waals surface area (Å²) in [6.07, 6.45) is 0. The van der Waals surface area contributed by atoms with Crippen molar-refractivity contribution in [3.63, 3.8) is 0 Å². The molecule has 98 valence electrons. The van der Waals surface area contributed by atoms with E-state index >= 15 is 0 Å². The number of carbonyl (C=O) groups excluding carboxylic acids is 1. The molecule has 0 amide bonds. The predicted octanol–water partition coefficient (Wildman–Crippen LogP) is 1.93. The molecule has 0 saturated carbocycles. The molecule has 0 saturated heterocycles. The number of halogens is 1. The highest BCUT2D eigenvalue weighted by molar-refractivity contribution is 5.90. The van der Waals surface area contributed by atoms with Crippen molar-refractivity contribution in [2.75, 3.05) is 19.8 Å². The van der Waals surface area contributed by atoms with Gasteiger partial charge in [0.2, 0.25) is 5.82 Å². The molecule has 0 fully saturated rings. The normalized spacial score (nSPS) is 10.1. The molecule has 18 heavy (non-hydrogen) atoms. The first-order chi connectivity index (χ1) is 8.56. The lowest BCUT2D eigenvalue weighted by Gasteiger charge is -2.04.